The van der Waals surface area contributed by atoms with Gasteiger partial charge in [0.25, 0.3) is 0 Å². The molecule has 0 spiro atoms. The Bertz CT molecular complexity index is 306. The fraction of sp³-hybridized carbons (Fsp3) is 0.900. The zero-order valence-corrected chi connectivity index (χ0v) is 22.3. The van der Waals surface area contributed by atoms with Crippen LogP contribution in [-0.4, -0.2) is 84.3 Å². The summed E-state index contributed by atoms with van der Waals surface area (Å²) >= 11 is 0. The van der Waals surface area contributed by atoms with Crippen LogP contribution in [0.15, 0.2) is 0 Å². The van der Waals surface area contributed by atoms with Crippen LogP contribution >= 0.6 is 0 Å². The van der Waals surface area contributed by atoms with Crippen LogP contribution < -0.4 is 0 Å². The minimum Gasteiger partial charge on any atom is -0.465 e. The van der Waals surface area contributed by atoms with Crippen molar-refractivity contribution in [1.82, 2.24) is 0 Å². The molecule has 0 aromatic heterocycles. The van der Waals surface area contributed by atoms with Gasteiger partial charge in [0.15, 0.2) is 0 Å². The second kappa shape index (κ2) is 22.2. The van der Waals surface area contributed by atoms with Crippen molar-refractivity contribution in [2.75, 3.05) is 13.2 Å². The van der Waals surface area contributed by atoms with Gasteiger partial charge in [-0.1, -0.05) is 66.2 Å². The Morgan fingerprint density at radius 1 is 0.692 bits per heavy atom. The third-order valence-electron chi connectivity index (χ3n) is 4.58. The van der Waals surface area contributed by atoms with Gasteiger partial charge in [0.2, 0.25) is 0 Å². The standard InChI is InChI=1S/C20H38O4.2Na/c1-5-9-11-17(7-3)15-23-19(21)13-14-20(22)24-16-18(8-4)12-10-6-2;;/h17-18H,5-16H2,1-4H3;;. The number of hydrogen-bond donors (Lipinski definition) is 0. The first kappa shape index (κ1) is 31.6. The minimum absolute atomic E-state index is 0. The van der Waals surface area contributed by atoms with Gasteiger partial charge in [0, 0.05) is 59.1 Å². The van der Waals surface area contributed by atoms with Gasteiger partial charge in [-0.25, -0.2) is 0 Å². The Morgan fingerprint density at radius 3 is 1.31 bits per heavy atom. The van der Waals surface area contributed by atoms with E-state index in [0.717, 1.165) is 38.5 Å². The van der Waals surface area contributed by atoms with Crippen LogP contribution in [0.2, 0.25) is 0 Å². The van der Waals surface area contributed by atoms with Crippen molar-refractivity contribution in [2.24, 2.45) is 11.8 Å². The van der Waals surface area contributed by atoms with Crippen LogP contribution in [0.5, 0.6) is 0 Å². The van der Waals surface area contributed by atoms with Gasteiger partial charge < -0.3 is 9.47 Å². The summed E-state index contributed by atoms with van der Waals surface area (Å²) in [5, 5.41) is 0. The summed E-state index contributed by atoms with van der Waals surface area (Å²) in [7, 11) is 0. The maximum absolute atomic E-state index is 11.7. The number of hydrogen-bond acceptors (Lipinski definition) is 4. The van der Waals surface area contributed by atoms with Gasteiger partial charge >= 0.3 is 11.9 Å². The molecule has 0 rings (SSSR count). The van der Waals surface area contributed by atoms with E-state index in [-0.39, 0.29) is 83.9 Å². The van der Waals surface area contributed by atoms with Crippen LogP contribution in [-0.2, 0) is 19.1 Å². The second-order valence-electron chi connectivity index (χ2n) is 6.70. The summed E-state index contributed by atoms with van der Waals surface area (Å²) in [6.45, 7) is 9.51. The quantitative estimate of drug-likeness (QED) is 0.306. The molecule has 0 amide bonds. The maximum Gasteiger partial charge on any atom is 0.306 e. The molecule has 4 nitrogen and oxygen atoms in total. The minimum atomic E-state index is -0.292. The summed E-state index contributed by atoms with van der Waals surface area (Å²) in [6.07, 6.45) is 9.12. The first-order valence-corrected chi connectivity index (χ1v) is 9.88. The molecule has 2 atom stereocenters. The Balaban J connectivity index is -0.00000264. The van der Waals surface area contributed by atoms with Gasteiger partial charge in [0.05, 0.1) is 26.1 Å². The van der Waals surface area contributed by atoms with E-state index >= 15 is 0 Å². The largest absolute Gasteiger partial charge is 0.465 e. The van der Waals surface area contributed by atoms with Crippen molar-refractivity contribution in [2.45, 2.75) is 91.9 Å². The molecule has 0 saturated heterocycles. The first-order chi connectivity index (χ1) is 11.6. The molecule has 2 radical (unpaired) electrons. The Labute approximate surface area is 205 Å². The van der Waals surface area contributed by atoms with Crippen molar-refractivity contribution in [1.29, 1.82) is 0 Å². The Hall–Kier alpha value is 0.940. The van der Waals surface area contributed by atoms with Gasteiger partial charge in [-0.3, -0.25) is 9.59 Å². The average molecular weight is 389 g/mol. The number of carbonyl (C=O) groups is 2. The summed E-state index contributed by atoms with van der Waals surface area (Å²) in [5.41, 5.74) is 0. The SMILES string of the molecule is CCCCC(CC)COC(=O)CCC(=O)OCC(CC)CCCC.[Na].[Na]. The molecule has 0 bridgehead atoms. The van der Waals surface area contributed by atoms with E-state index in [1.807, 2.05) is 0 Å². The van der Waals surface area contributed by atoms with E-state index in [2.05, 4.69) is 27.7 Å². The van der Waals surface area contributed by atoms with Gasteiger partial charge in [-0.2, -0.15) is 0 Å². The van der Waals surface area contributed by atoms with Crippen LogP contribution in [0.4, 0.5) is 0 Å². The fourth-order valence-electron chi connectivity index (χ4n) is 2.57. The van der Waals surface area contributed by atoms with Crippen molar-refractivity contribution in [3.8, 4) is 0 Å². The molecule has 0 aliphatic carbocycles. The molecule has 0 fully saturated rings. The van der Waals surface area contributed by atoms with Crippen molar-refractivity contribution in [3.05, 3.63) is 0 Å². The molecular formula is C20H38Na2O4. The fourth-order valence-corrected chi connectivity index (χ4v) is 2.57. The predicted molar refractivity (Wildman–Crippen MR) is 109 cm³/mol. The molecular weight excluding hydrogens is 350 g/mol. The molecule has 26 heavy (non-hydrogen) atoms. The normalized spacial score (nSPS) is 12.3. The molecule has 6 heteroatoms. The molecule has 0 aliphatic heterocycles. The topological polar surface area (TPSA) is 52.6 Å². The summed E-state index contributed by atoms with van der Waals surface area (Å²) in [5.74, 6) is 0.286. The Kier molecular flexibility index (Phi) is 27.0. The van der Waals surface area contributed by atoms with E-state index in [9.17, 15) is 9.59 Å². The van der Waals surface area contributed by atoms with E-state index in [0.29, 0.717) is 25.0 Å². The summed E-state index contributed by atoms with van der Waals surface area (Å²) in [6, 6.07) is 0. The third kappa shape index (κ3) is 18.3. The van der Waals surface area contributed by atoms with Crippen LogP contribution in [0.25, 0.3) is 0 Å². The number of unbranched alkanes of at least 4 members (excludes halogenated alkanes) is 2. The van der Waals surface area contributed by atoms with Gasteiger partial charge in [0.1, 0.15) is 0 Å². The predicted octanol–water partition coefficient (Wildman–Crippen LogP) is 4.52. The summed E-state index contributed by atoms with van der Waals surface area (Å²) in [4.78, 5) is 23.5. The monoisotopic (exact) mass is 388 g/mol. The number of rotatable bonds is 15. The number of carbonyl (C=O) groups excluding carboxylic acids is 2. The van der Waals surface area contributed by atoms with Crippen LogP contribution in [0.3, 0.4) is 0 Å². The molecule has 144 valence electrons. The Morgan fingerprint density at radius 2 is 1.04 bits per heavy atom. The van der Waals surface area contributed by atoms with Gasteiger partial charge in [-0.05, 0) is 24.7 Å². The zero-order chi connectivity index (χ0) is 18.2. The van der Waals surface area contributed by atoms with E-state index in [1.54, 1.807) is 0 Å². The number of esters is 2. The molecule has 0 aromatic rings. The van der Waals surface area contributed by atoms with E-state index < -0.39 is 0 Å². The average Bonchev–Trinajstić information content (AvgIpc) is 2.60. The first-order valence-electron chi connectivity index (χ1n) is 9.88. The van der Waals surface area contributed by atoms with E-state index in [4.69, 9.17) is 9.47 Å². The van der Waals surface area contributed by atoms with E-state index in [1.165, 1.54) is 12.8 Å². The second-order valence-corrected chi connectivity index (χ2v) is 6.70. The maximum atomic E-state index is 11.7. The van der Waals surface area contributed by atoms with Gasteiger partial charge in [-0.15, -0.1) is 0 Å². The number of ether oxygens (including phenoxy) is 2. The third-order valence-corrected chi connectivity index (χ3v) is 4.58. The molecule has 0 N–H and O–H groups in total. The van der Waals surface area contributed by atoms with Crippen molar-refractivity contribution >= 4 is 71.1 Å². The molecule has 0 saturated carbocycles. The molecule has 2 unspecified atom stereocenters. The van der Waals surface area contributed by atoms with Crippen LogP contribution in [0.1, 0.15) is 91.9 Å². The van der Waals surface area contributed by atoms with Crippen molar-refractivity contribution < 1.29 is 19.1 Å². The zero-order valence-electron chi connectivity index (χ0n) is 18.3. The summed E-state index contributed by atoms with van der Waals surface area (Å²) < 4.78 is 10.6. The van der Waals surface area contributed by atoms with Crippen LogP contribution in [0, 0.1) is 11.8 Å². The molecule has 0 aromatic carbocycles. The molecule has 0 heterocycles. The molecule has 0 aliphatic rings. The smallest absolute Gasteiger partial charge is 0.306 e. The van der Waals surface area contributed by atoms with Crippen molar-refractivity contribution in [3.63, 3.8) is 0 Å².